The van der Waals surface area contributed by atoms with Gasteiger partial charge in [0.05, 0.1) is 4.90 Å². The zero-order valence-electron chi connectivity index (χ0n) is 15.1. The maximum atomic E-state index is 13.1. The molecular formula is C18H24FNO6S. The zero-order chi connectivity index (χ0) is 19.0. The molecule has 4 rings (SSSR count). The van der Waals surface area contributed by atoms with Gasteiger partial charge in [-0.3, -0.25) is 0 Å². The molecule has 1 aromatic carbocycles. The Morgan fingerprint density at radius 1 is 0.778 bits per heavy atom. The summed E-state index contributed by atoms with van der Waals surface area (Å²) in [6.45, 7) is 0.388. The lowest BCUT2D eigenvalue weighted by molar-refractivity contribution is -0.661. The van der Waals surface area contributed by atoms with Crippen LogP contribution in [0.25, 0.3) is 0 Å². The SMILES string of the molecule is O=S(=O)(c1ccc(F)cc1)N1CCC2(CC1)OOC1(CCCCCC1)OO2. The summed E-state index contributed by atoms with van der Waals surface area (Å²) < 4.78 is 39.8. The quantitative estimate of drug-likeness (QED) is 0.708. The molecule has 0 aromatic heterocycles. The van der Waals surface area contributed by atoms with Crippen LogP contribution >= 0.6 is 0 Å². The van der Waals surface area contributed by atoms with Crippen molar-refractivity contribution in [1.29, 1.82) is 0 Å². The predicted molar refractivity (Wildman–Crippen MR) is 91.9 cm³/mol. The molecule has 2 heterocycles. The molecule has 150 valence electrons. The average Bonchev–Trinajstić information content (AvgIpc) is 2.91. The highest BCUT2D eigenvalue weighted by molar-refractivity contribution is 7.89. The van der Waals surface area contributed by atoms with Gasteiger partial charge in [0.2, 0.25) is 21.6 Å². The van der Waals surface area contributed by atoms with E-state index in [2.05, 4.69) is 0 Å². The molecule has 0 radical (unpaired) electrons. The Bertz CT molecular complexity index is 741. The first-order valence-electron chi connectivity index (χ1n) is 9.43. The van der Waals surface area contributed by atoms with Crippen LogP contribution in [0.5, 0.6) is 0 Å². The maximum Gasteiger partial charge on any atom is 0.243 e. The van der Waals surface area contributed by atoms with E-state index in [1.54, 1.807) is 0 Å². The summed E-state index contributed by atoms with van der Waals surface area (Å²) in [6.07, 6.45) is 6.24. The molecule has 0 unspecified atom stereocenters. The first kappa shape index (κ1) is 19.2. The van der Waals surface area contributed by atoms with E-state index in [0.29, 0.717) is 12.8 Å². The van der Waals surface area contributed by atoms with E-state index in [-0.39, 0.29) is 30.8 Å². The van der Waals surface area contributed by atoms with Crippen LogP contribution < -0.4 is 0 Å². The fourth-order valence-corrected chi connectivity index (χ4v) is 5.20. The van der Waals surface area contributed by atoms with E-state index in [1.165, 1.54) is 16.4 Å². The van der Waals surface area contributed by atoms with Crippen molar-refractivity contribution in [1.82, 2.24) is 4.31 Å². The summed E-state index contributed by atoms with van der Waals surface area (Å²) in [5.74, 6) is -2.41. The number of piperidine rings is 1. The number of halogens is 1. The van der Waals surface area contributed by atoms with Gasteiger partial charge in [0, 0.05) is 38.8 Å². The van der Waals surface area contributed by atoms with Crippen LogP contribution in [0.2, 0.25) is 0 Å². The molecule has 3 aliphatic rings. The van der Waals surface area contributed by atoms with E-state index in [1.807, 2.05) is 0 Å². The zero-order valence-corrected chi connectivity index (χ0v) is 15.9. The summed E-state index contributed by atoms with van der Waals surface area (Å²) in [5.41, 5.74) is 0. The van der Waals surface area contributed by atoms with Crippen LogP contribution in [0.1, 0.15) is 51.4 Å². The van der Waals surface area contributed by atoms with E-state index in [4.69, 9.17) is 19.6 Å². The molecule has 0 amide bonds. The van der Waals surface area contributed by atoms with Crippen molar-refractivity contribution in [3.63, 3.8) is 0 Å². The molecule has 0 bridgehead atoms. The number of nitrogens with zero attached hydrogens (tertiary/aromatic N) is 1. The van der Waals surface area contributed by atoms with Gasteiger partial charge >= 0.3 is 0 Å². The lowest BCUT2D eigenvalue weighted by atomic mass is 10.1. The third-order valence-corrected chi connectivity index (χ3v) is 7.40. The first-order chi connectivity index (χ1) is 12.9. The van der Waals surface area contributed by atoms with Gasteiger partial charge in [0.1, 0.15) is 5.82 Å². The molecule has 0 atom stereocenters. The summed E-state index contributed by atoms with van der Waals surface area (Å²) in [5, 5.41) is 0. The van der Waals surface area contributed by atoms with Gasteiger partial charge in [0.25, 0.3) is 0 Å². The van der Waals surface area contributed by atoms with E-state index >= 15 is 0 Å². The molecule has 1 aromatic rings. The molecule has 3 fully saturated rings. The summed E-state index contributed by atoms with van der Waals surface area (Å²) >= 11 is 0. The number of hydrogen-bond acceptors (Lipinski definition) is 6. The minimum Gasteiger partial charge on any atom is -0.207 e. The molecule has 1 saturated carbocycles. The normalized spacial score (nSPS) is 26.1. The molecule has 2 saturated heterocycles. The number of hydrogen-bond donors (Lipinski definition) is 0. The minimum absolute atomic E-state index is 0.0650. The second kappa shape index (κ2) is 7.38. The predicted octanol–water partition coefficient (Wildman–Crippen LogP) is 3.27. The molecule has 0 N–H and O–H groups in total. The topological polar surface area (TPSA) is 74.3 Å². The summed E-state index contributed by atoms with van der Waals surface area (Å²) in [6, 6.07) is 4.81. The Hall–Kier alpha value is -1.10. The second-order valence-electron chi connectivity index (χ2n) is 7.43. The van der Waals surface area contributed by atoms with Crippen LogP contribution in [0.3, 0.4) is 0 Å². The molecule has 7 nitrogen and oxygen atoms in total. The van der Waals surface area contributed by atoms with Crippen molar-refractivity contribution in [3.8, 4) is 0 Å². The number of sulfonamides is 1. The van der Waals surface area contributed by atoms with Crippen molar-refractivity contribution in [2.75, 3.05) is 13.1 Å². The van der Waals surface area contributed by atoms with Crippen LogP contribution in [0.15, 0.2) is 29.2 Å². The molecule has 27 heavy (non-hydrogen) atoms. The second-order valence-corrected chi connectivity index (χ2v) is 9.36. The molecule has 1 aliphatic carbocycles. The molecular weight excluding hydrogens is 377 g/mol. The Labute approximate surface area is 158 Å². The van der Waals surface area contributed by atoms with Crippen molar-refractivity contribution in [3.05, 3.63) is 30.1 Å². The van der Waals surface area contributed by atoms with E-state index in [9.17, 15) is 12.8 Å². The lowest BCUT2D eigenvalue weighted by Gasteiger charge is -2.45. The Kier molecular flexibility index (Phi) is 5.26. The van der Waals surface area contributed by atoms with Gasteiger partial charge in [-0.25, -0.2) is 12.8 Å². The van der Waals surface area contributed by atoms with Gasteiger partial charge < -0.3 is 0 Å². The van der Waals surface area contributed by atoms with Crippen LogP contribution in [0, 0.1) is 5.82 Å². The van der Waals surface area contributed by atoms with Crippen molar-refractivity contribution in [2.24, 2.45) is 0 Å². The Morgan fingerprint density at radius 2 is 1.26 bits per heavy atom. The molecule has 2 aliphatic heterocycles. The largest absolute Gasteiger partial charge is 0.243 e. The van der Waals surface area contributed by atoms with Gasteiger partial charge in [-0.15, -0.1) is 0 Å². The van der Waals surface area contributed by atoms with E-state index in [0.717, 1.165) is 37.8 Å². The summed E-state index contributed by atoms with van der Waals surface area (Å²) in [7, 11) is -3.69. The third kappa shape index (κ3) is 3.90. The smallest absolute Gasteiger partial charge is 0.207 e. The Morgan fingerprint density at radius 3 is 1.78 bits per heavy atom. The maximum absolute atomic E-state index is 13.1. The fourth-order valence-electron chi connectivity index (χ4n) is 3.75. The van der Waals surface area contributed by atoms with Crippen LogP contribution in [0.4, 0.5) is 4.39 Å². The monoisotopic (exact) mass is 401 g/mol. The fraction of sp³-hybridized carbons (Fsp3) is 0.667. The molecule has 2 spiro atoms. The average molecular weight is 401 g/mol. The van der Waals surface area contributed by atoms with Crippen molar-refractivity contribution < 1.29 is 32.4 Å². The van der Waals surface area contributed by atoms with Crippen LogP contribution in [-0.2, 0) is 29.6 Å². The highest BCUT2D eigenvalue weighted by atomic mass is 32.2. The van der Waals surface area contributed by atoms with E-state index < -0.39 is 27.4 Å². The lowest BCUT2D eigenvalue weighted by Crippen LogP contribution is -2.55. The van der Waals surface area contributed by atoms with Crippen molar-refractivity contribution >= 4 is 10.0 Å². The third-order valence-electron chi connectivity index (χ3n) is 5.49. The highest BCUT2D eigenvalue weighted by Crippen LogP contribution is 2.42. The summed E-state index contributed by atoms with van der Waals surface area (Å²) in [4.78, 5) is 22.6. The van der Waals surface area contributed by atoms with Crippen molar-refractivity contribution in [2.45, 2.75) is 67.8 Å². The van der Waals surface area contributed by atoms with Gasteiger partial charge in [-0.05, 0) is 37.1 Å². The number of rotatable bonds is 2. The number of benzene rings is 1. The van der Waals surface area contributed by atoms with Gasteiger partial charge in [0.15, 0.2) is 0 Å². The molecule has 9 heteroatoms. The highest BCUT2D eigenvalue weighted by Gasteiger charge is 2.51. The Balaban J connectivity index is 1.38. The standard InChI is InChI=1S/C18H24FNO6S/c19-15-5-7-16(8-6-15)27(21,22)20-13-11-18(12-14-20)25-23-17(24-26-18)9-3-1-2-4-10-17/h5-8H,1-4,9-14H2. The minimum atomic E-state index is -3.69. The van der Waals surface area contributed by atoms with Crippen LogP contribution in [-0.4, -0.2) is 37.4 Å². The first-order valence-corrected chi connectivity index (χ1v) is 10.9. The van der Waals surface area contributed by atoms with Gasteiger partial charge in [-0.1, -0.05) is 12.8 Å². The van der Waals surface area contributed by atoms with Gasteiger partial charge in [-0.2, -0.15) is 23.9 Å².